The average Bonchev–Trinajstić information content (AvgIpc) is 3.33. The number of esters is 1. The molecule has 2 saturated heterocycles. The first kappa shape index (κ1) is 18.4. The van der Waals surface area contributed by atoms with Crippen LogP contribution in [0.1, 0.15) is 36.7 Å². The van der Waals surface area contributed by atoms with Crippen LogP contribution in [0.5, 0.6) is 0 Å². The van der Waals surface area contributed by atoms with Crippen LogP contribution in [-0.4, -0.2) is 59.9 Å². The lowest BCUT2D eigenvalue weighted by Crippen LogP contribution is -2.45. The molecule has 6 nitrogen and oxygen atoms in total. The van der Waals surface area contributed by atoms with Crippen LogP contribution in [0.25, 0.3) is 10.2 Å². The Balaban J connectivity index is 1.38. The average molecular weight is 388 g/mol. The molecule has 0 aliphatic carbocycles. The SMILES string of the molecule is COC(=O)C1CCN(C(=O)CN2CCC[C@@H]2c2nc3ccccc3s2)CC1. The van der Waals surface area contributed by atoms with Crippen molar-refractivity contribution < 1.29 is 14.3 Å². The molecule has 0 N–H and O–H groups in total. The fraction of sp³-hybridized carbons (Fsp3) is 0.550. The molecule has 2 fully saturated rings. The molecule has 2 aromatic rings. The summed E-state index contributed by atoms with van der Waals surface area (Å²) < 4.78 is 6.03. The Morgan fingerprint density at radius 3 is 2.70 bits per heavy atom. The van der Waals surface area contributed by atoms with Gasteiger partial charge in [-0.2, -0.15) is 0 Å². The Morgan fingerprint density at radius 1 is 1.19 bits per heavy atom. The van der Waals surface area contributed by atoms with Crippen LogP contribution in [0.15, 0.2) is 24.3 Å². The van der Waals surface area contributed by atoms with Crippen molar-refractivity contribution in [1.82, 2.24) is 14.8 Å². The Hall–Kier alpha value is -1.99. The molecule has 0 saturated carbocycles. The Labute approximate surface area is 163 Å². The van der Waals surface area contributed by atoms with Crippen molar-refractivity contribution >= 4 is 33.4 Å². The molecular weight excluding hydrogens is 362 g/mol. The van der Waals surface area contributed by atoms with E-state index in [9.17, 15) is 9.59 Å². The summed E-state index contributed by atoms with van der Waals surface area (Å²) in [6, 6.07) is 8.44. The van der Waals surface area contributed by atoms with Crippen LogP contribution in [0.2, 0.25) is 0 Å². The first-order valence-corrected chi connectivity index (χ1v) is 10.4. The van der Waals surface area contributed by atoms with Gasteiger partial charge in [0.2, 0.25) is 5.91 Å². The van der Waals surface area contributed by atoms with Gasteiger partial charge in [-0.25, -0.2) is 4.98 Å². The van der Waals surface area contributed by atoms with Crippen LogP contribution >= 0.6 is 11.3 Å². The van der Waals surface area contributed by atoms with Gasteiger partial charge in [0.15, 0.2) is 0 Å². The van der Waals surface area contributed by atoms with Crippen molar-refractivity contribution in [2.24, 2.45) is 5.92 Å². The van der Waals surface area contributed by atoms with Crippen LogP contribution in [-0.2, 0) is 14.3 Å². The number of nitrogens with zero attached hydrogens (tertiary/aromatic N) is 3. The van der Waals surface area contributed by atoms with E-state index in [1.807, 2.05) is 23.1 Å². The van der Waals surface area contributed by atoms with Gasteiger partial charge in [-0.15, -0.1) is 11.3 Å². The number of hydrogen-bond acceptors (Lipinski definition) is 6. The second kappa shape index (κ2) is 7.94. The largest absolute Gasteiger partial charge is 0.469 e. The van der Waals surface area contributed by atoms with E-state index >= 15 is 0 Å². The van der Waals surface area contributed by atoms with Crippen molar-refractivity contribution in [2.45, 2.75) is 31.7 Å². The summed E-state index contributed by atoms with van der Waals surface area (Å²) in [4.78, 5) is 33.4. The zero-order valence-corrected chi connectivity index (χ0v) is 16.4. The van der Waals surface area contributed by atoms with Gasteiger partial charge in [0.25, 0.3) is 0 Å². The summed E-state index contributed by atoms with van der Waals surface area (Å²) in [5.41, 5.74) is 1.04. The van der Waals surface area contributed by atoms with E-state index in [2.05, 4.69) is 11.0 Å². The Morgan fingerprint density at radius 2 is 1.96 bits per heavy atom. The topological polar surface area (TPSA) is 62.7 Å². The van der Waals surface area contributed by atoms with Gasteiger partial charge in [0.05, 0.1) is 35.8 Å². The lowest BCUT2D eigenvalue weighted by molar-refractivity contribution is -0.149. The molecule has 7 heteroatoms. The summed E-state index contributed by atoms with van der Waals surface area (Å²) in [7, 11) is 1.43. The first-order valence-electron chi connectivity index (χ1n) is 9.61. The molecule has 2 aliphatic rings. The molecule has 1 aromatic heterocycles. The molecule has 1 amide bonds. The minimum absolute atomic E-state index is 0.0682. The Kier molecular flexibility index (Phi) is 5.41. The number of benzene rings is 1. The number of para-hydroxylation sites is 1. The van der Waals surface area contributed by atoms with Crippen LogP contribution in [0.4, 0.5) is 0 Å². The molecule has 1 atom stereocenters. The predicted octanol–water partition coefficient (Wildman–Crippen LogP) is 2.84. The molecule has 27 heavy (non-hydrogen) atoms. The van der Waals surface area contributed by atoms with Crippen LogP contribution in [0.3, 0.4) is 0 Å². The first-order chi connectivity index (χ1) is 13.2. The van der Waals surface area contributed by atoms with E-state index in [4.69, 9.17) is 9.72 Å². The number of ether oxygens (including phenoxy) is 1. The monoisotopic (exact) mass is 387 g/mol. The lowest BCUT2D eigenvalue weighted by atomic mass is 9.97. The summed E-state index contributed by atoms with van der Waals surface area (Å²) in [6.07, 6.45) is 3.54. The highest BCUT2D eigenvalue weighted by Gasteiger charge is 2.33. The van der Waals surface area contributed by atoms with Crippen LogP contribution < -0.4 is 0 Å². The molecule has 4 rings (SSSR count). The minimum atomic E-state index is -0.155. The highest BCUT2D eigenvalue weighted by molar-refractivity contribution is 7.18. The van der Waals surface area contributed by atoms with Crippen molar-refractivity contribution in [3.05, 3.63) is 29.3 Å². The maximum Gasteiger partial charge on any atom is 0.308 e. The number of methoxy groups -OCH3 is 1. The summed E-state index contributed by atoms with van der Waals surface area (Å²) in [5.74, 6) is -0.0646. The molecule has 0 radical (unpaired) electrons. The number of fused-ring (bicyclic) bond motifs is 1. The number of carbonyl (C=O) groups excluding carboxylic acids is 2. The highest BCUT2D eigenvalue weighted by atomic mass is 32.1. The van der Waals surface area contributed by atoms with Crippen molar-refractivity contribution in [3.8, 4) is 0 Å². The van der Waals surface area contributed by atoms with E-state index in [1.165, 1.54) is 11.8 Å². The zero-order valence-electron chi connectivity index (χ0n) is 15.6. The lowest BCUT2D eigenvalue weighted by Gasteiger charge is -2.32. The fourth-order valence-electron chi connectivity index (χ4n) is 4.13. The van der Waals surface area contributed by atoms with Crippen molar-refractivity contribution in [2.75, 3.05) is 33.3 Å². The summed E-state index contributed by atoms with van der Waals surface area (Å²) >= 11 is 1.74. The molecule has 2 aliphatic heterocycles. The fourth-order valence-corrected chi connectivity index (χ4v) is 5.27. The number of piperidine rings is 1. The Bertz CT molecular complexity index is 796. The maximum absolute atomic E-state index is 12.8. The quantitative estimate of drug-likeness (QED) is 0.755. The summed E-state index contributed by atoms with van der Waals surface area (Å²) in [6.45, 7) is 2.64. The van der Waals surface area contributed by atoms with Crippen LogP contribution in [0, 0.1) is 5.92 Å². The number of hydrogen-bond donors (Lipinski definition) is 0. The molecule has 144 valence electrons. The third-order valence-corrected chi connectivity index (χ3v) is 6.82. The van der Waals surface area contributed by atoms with Gasteiger partial charge in [-0.3, -0.25) is 14.5 Å². The van der Waals surface area contributed by atoms with Gasteiger partial charge >= 0.3 is 5.97 Å². The normalized spacial score (nSPS) is 21.7. The zero-order chi connectivity index (χ0) is 18.8. The number of thiazole rings is 1. The molecule has 0 unspecified atom stereocenters. The number of amides is 1. The van der Waals surface area contributed by atoms with E-state index in [0.717, 1.165) is 29.9 Å². The number of likely N-dealkylation sites (tertiary alicyclic amines) is 2. The second-order valence-corrected chi connectivity index (χ2v) is 8.39. The van der Waals surface area contributed by atoms with E-state index in [-0.39, 0.29) is 23.8 Å². The highest BCUT2D eigenvalue weighted by Crippen LogP contribution is 2.36. The van der Waals surface area contributed by atoms with Gasteiger partial charge in [-0.05, 0) is 44.4 Å². The summed E-state index contributed by atoms with van der Waals surface area (Å²) in [5, 5.41) is 1.12. The third-order valence-electron chi connectivity index (χ3n) is 5.68. The minimum Gasteiger partial charge on any atom is -0.469 e. The van der Waals surface area contributed by atoms with Gasteiger partial charge < -0.3 is 9.64 Å². The van der Waals surface area contributed by atoms with Gasteiger partial charge in [-0.1, -0.05) is 12.1 Å². The van der Waals surface area contributed by atoms with Gasteiger partial charge in [0.1, 0.15) is 5.01 Å². The molecule has 0 spiro atoms. The number of carbonyl (C=O) groups is 2. The van der Waals surface area contributed by atoms with Gasteiger partial charge in [0, 0.05) is 13.1 Å². The van der Waals surface area contributed by atoms with E-state index in [0.29, 0.717) is 32.5 Å². The molecule has 1 aromatic carbocycles. The predicted molar refractivity (Wildman–Crippen MR) is 104 cm³/mol. The van der Waals surface area contributed by atoms with E-state index < -0.39 is 0 Å². The third kappa shape index (κ3) is 3.84. The maximum atomic E-state index is 12.8. The second-order valence-electron chi connectivity index (χ2n) is 7.33. The van der Waals surface area contributed by atoms with Crippen molar-refractivity contribution in [3.63, 3.8) is 0 Å². The standard InChI is InChI=1S/C20H25N3O3S/c1-26-20(25)14-8-11-22(12-9-14)18(24)13-23-10-4-6-16(23)19-21-15-5-2-3-7-17(15)27-19/h2-3,5,7,14,16H,4,6,8-13H2,1H3/t16-/m1/s1. The number of aromatic nitrogens is 1. The molecular formula is C20H25N3O3S. The smallest absolute Gasteiger partial charge is 0.308 e. The number of rotatable bonds is 4. The van der Waals surface area contributed by atoms with E-state index in [1.54, 1.807) is 11.3 Å². The molecule has 3 heterocycles. The molecule has 0 bridgehead atoms. The van der Waals surface area contributed by atoms with Crippen molar-refractivity contribution in [1.29, 1.82) is 0 Å².